The highest BCUT2D eigenvalue weighted by Gasteiger charge is 2.24. The van der Waals surface area contributed by atoms with Gasteiger partial charge in [0.2, 0.25) is 0 Å². The molecule has 19 heavy (non-hydrogen) atoms. The molecule has 0 heterocycles. The molecule has 1 unspecified atom stereocenters. The lowest BCUT2D eigenvalue weighted by atomic mass is 10.1. The van der Waals surface area contributed by atoms with Crippen LogP contribution in [0, 0.1) is 0 Å². The topological polar surface area (TPSA) is 56.8 Å². The first kappa shape index (κ1) is 18.4. The molecule has 0 amide bonds. The molecule has 5 nitrogen and oxygen atoms in total. The van der Waals surface area contributed by atoms with E-state index in [1.54, 1.807) is 21.1 Å². The van der Waals surface area contributed by atoms with E-state index >= 15 is 0 Å². The summed E-state index contributed by atoms with van der Waals surface area (Å²) in [4.78, 5) is 11.5. The van der Waals surface area contributed by atoms with Gasteiger partial charge in [0.1, 0.15) is 12.6 Å². The lowest BCUT2D eigenvalue weighted by Crippen LogP contribution is -2.38. The summed E-state index contributed by atoms with van der Waals surface area (Å²) in [6.45, 7) is 10.4. The number of nitrogens with one attached hydrogen (secondary N) is 1. The van der Waals surface area contributed by atoms with Gasteiger partial charge in [-0.1, -0.05) is 0 Å². The number of esters is 1. The molecule has 114 valence electrons. The molecule has 0 rings (SSSR count). The molecule has 0 saturated heterocycles. The highest BCUT2D eigenvalue weighted by molar-refractivity contribution is 5.75. The number of likely N-dealkylation sites (N-methyl/N-ethyl adjacent to an activating group) is 1. The van der Waals surface area contributed by atoms with E-state index in [4.69, 9.17) is 14.2 Å². The second-order valence-electron chi connectivity index (χ2n) is 5.94. The van der Waals surface area contributed by atoms with E-state index in [1.165, 1.54) is 0 Å². The van der Waals surface area contributed by atoms with Crippen molar-refractivity contribution in [3.8, 4) is 0 Å². The zero-order chi connectivity index (χ0) is 15.1. The van der Waals surface area contributed by atoms with Gasteiger partial charge in [0, 0.05) is 7.11 Å². The molecule has 5 heteroatoms. The quantitative estimate of drug-likeness (QED) is 0.650. The van der Waals surface area contributed by atoms with Gasteiger partial charge in [0.05, 0.1) is 17.8 Å². The maximum Gasteiger partial charge on any atom is 0.322 e. The summed E-state index contributed by atoms with van der Waals surface area (Å²) in [7, 11) is 3.41. The summed E-state index contributed by atoms with van der Waals surface area (Å²) in [5.74, 6) is -0.267. The first-order valence-electron chi connectivity index (χ1n) is 6.66. The van der Waals surface area contributed by atoms with Crippen molar-refractivity contribution in [2.24, 2.45) is 0 Å². The molecule has 0 aliphatic heterocycles. The predicted octanol–water partition coefficient (Wildman–Crippen LogP) is 1.75. The molecule has 0 aromatic carbocycles. The van der Waals surface area contributed by atoms with E-state index in [9.17, 15) is 4.79 Å². The minimum Gasteiger partial charge on any atom is -0.461 e. The number of hydrogen-bond acceptors (Lipinski definition) is 5. The minimum atomic E-state index is -0.493. The maximum atomic E-state index is 11.5. The van der Waals surface area contributed by atoms with Gasteiger partial charge in [-0.3, -0.25) is 4.79 Å². The third-order valence-corrected chi connectivity index (χ3v) is 3.10. The summed E-state index contributed by atoms with van der Waals surface area (Å²) in [5, 5.41) is 2.84. The molecule has 0 aliphatic rings. The van der Waals surface area contributed by atoms with E-state index in [0.29, 0.717) is 6.61 Å². The largest absolute Gasteiger partial charge is 0.461 e. The Hall–Kier alpha value is -0.650. The number of carbonyl (C=O) groups is 1. The highest BCUT2D eigenvalue weighted by atomic mass is 16.6. The van der Waals surface area contributed by atoms with Crippen molar-refractivity contribution in [3.63, 3.8) is 0 Å². The van der Waals surface area contributed by atoms with Crippen LogP contribution < -0.4 is 5.32 Å². The molecule has 0 fully saturated rings. The van der Waals surface area contributed by atoms with E-state index in [0.717, 1.165) is 6.42 Å². The number of hydrogen-bond donors (Lipinski definition) is 1. The van der Waals surface area contributed by atoms with Crippen LogP contribution in [0.1, 0.15) is 41.0 Å². The smallest absolute Gasteiger partial charge is 0.322 e. The molecule has 0 aromatic rings. The van der Waals surface area contributed by atoms with Gasteiger partial charge in [-0.25, -0.2) is 0 Å². The SMILES string of the molecule is CNC(C)C(=O)OCC(C)(C)OCCC(C)(C)OC. The average Bonchev–Trinajstić information content (AvgIpc) is 2.34. The van der Waals surface area contributed by atoms with Gasteiger partial charge in [0.25, 0.3) is 0 Å². The van der Waals surface area contributed by atoms with Crippen LogP contribution in [-0.2, 0) is 19.0 Å². The molecular formula is C14H29NO4. The molecule has 1 N–H and O–H groups in total. The van der Waals surface area contributed by atoms with Gasteiger partial charge in [0.15, 0.2) is 0 Å². The third kappa shape index (κ3) is 8.18. The van der Waals surface area contributed by atoms with E-state index < -0.39 is 5.60 Å². The second-order valence-corrected chi connectivity index (χ2v) is 5.94. The lowest BCUT2D eigenvalue weighted by molar-refractivity contribution is -0.156. The van der Waals surface area contributed by atoms with Gasteiger partial charge < -0.3 is 19.5 Å². The summed E-state index contributed by atoms with van der Waals surface area (Å²) < 4.78 is 16.3. The molecule has 0 aromatic heterocycles. The van der Waals surface area contributed by atoms with Crippen LogP contribution in [0.4, 0.5) is 0 Å². The zero-order valence-corrected chi connectivity index (χ0v) is 13.3. The average molecular weight is 275 g/mol. The predicted molar refractivity (Wildman–Crippen MR) is 75.2 cm³/mol. The monoisotopic (exact) mass is 275 g/mol. The standard InChI is InChI=1S/C14H29NO4/c1-11(15-6)12(16)18-10-14(4,5)19-9-8-13(2,3)17-7/h11,15H,8-10H2,1-7H3. The van der Waals surface area contributed by atoms with Crippen molar-refractivity contribution >= 4 is 5.97 Å². The van der Waals surface area contributed by atoms with Crippen molar-refractivity contribution in [3.05, 3.63) is 0 Å². The number of methoxy groups -OCH3 is 1. The van der Waals surface area contributed by atoms with Crippen molar-refractivity contribution < 1.29 is 19.0 Å². The lowest BCUT2D eigenvalue weighted by Gasteiger charge is -2.28. The Balaban J connectivity index is 4.02. The van der Waals surface area contributed by atoms with E-state index in [1.807, 2.05) is 27.7 Å². The molecule has 0 radical (unpaired) electrons. The fourth-order valence-electron chi connectivity index (χ4n) is 1.20. The molecule has 0 bridgehead atoms. The Bertz CT molecular complexity index is 277. The van der Waals surface area contributed by atoms with E-state index in [2.05, 4.69) is 5.32 Å². The number of rotatable bonds is 9. The molecule has 1 atom stereocenters. The Kier molecular flexibility index (Phi) is 7.55. The summed E-state index contributed by atoms with van der Waals surface area (Å²) in [6.07, 6.45) is 0.786. The summed E-state index contributed by atoms with van der Waals surface area (Å²) >= 11 is 0. The van der Waals surface area contributed by atoms with Crippen LogP contribution in [0.5, 0.6) is 0 Å². The fourth-order valence-corrected chi connectivity index (χ4v) is 1.20. The maximum absolute atomic E-state index is 11.5. The first-order valence-corrected chi connectivity index (χ1v) is 6.66. The Morgan fingerprint density at radius 2 is 1.79 bits per heavy atom. The molecular weight excluding hydrogens is 246 g/mol. The molecule has 0 aliphatic carbocycles. The Labute approximate surface area is 117 Å². The minimum absolute atomic E-state index is 0.201. The van der Waals surface area contributed by atoms with Crippen molar-refractivity contribution in [1.82, 2.24) is 5.32 Å². The first-order chi connectivity index (χ1) is 8.63. The number of ether oxygens (including phenoxy) is 3. The van der Waals surface area contributed by atoms with Crippen molar-refractivity contribution in [1.29, 1.82) is 0 Å². The van der Waals surface area contributed by atoms with E-state index in [-0.39, 0.29) is 24.2 Å². The Morgan fingerprint density at radius 3 is 2.26 bits per heavy atom. The molecule has 0 saturated carbocycles. The van der Waals surface area contributed by atoms with Crippen molar-refractivity contribution in [2.45, 2.75) is 58.3 Å². The van der Waals surface area contributed by atoms with Crippen LogP contribution in [0.3, 0.4) is 0 Å². The summed E-state index contributed by atoms with van der Waals surface area (Å²) in [6, 6.07) is -0.303. The zero-order valence-electron chi connectivity index (χ0n) is 13.3. The molecule has 0 spiro atoms. The second kappa shape index (κ2) is 7.82. The van der Waals surface area contributed by atoms with Gasteiger partial charge >= 0.3 is 5.97 Å². The Morgan fingerprint density at radius 1 is 1.21 bits per heavy atom. The number of carbonyl (C=O) groups excluding carboxylic acids is 1. The van der Waals surface area contributed by atoms with Crippen LogP contribution in [0.25, 0.3) is 0 Å². The summed E-state index contributed by atoms with van der Waals surface area (Å²) in [5.41, 5.74) is -0.694. The van der Waals surface area contributed by atoms with Crippen molar-refractivity contribution in [2.75, 3.05) is 27.4 Å². The fraction of sp³-hybridized carbons (Fsp3) is 0.929. The van der Waals surface area contributed by atoms with Gasteiger partial charge in [-0.2, -0.15) is 0 Å². The van der Waals surface area contributed by atoms with Gasteiger partial charge in [-0.15, -0.1) is 0 Å². The highest BCUT2D eigenvalue weighted by Crippen LogP contribution is 2.16. The van der Waals surface area contributed by atoms with Crippen LogP contribution >= 0.6 is 0 Å². The van der Waals surface area contributed by atoms with Crippen LogP contribution in [0.15, 0.2) is 0 Å². The van der Waals surface area contributed by atoms with Crippen LogP contribution in [-0.4, -0.2) is 50.6 Å². The van der Waals surface area contributed by atoms with Crippen LogP contribution in [0.2, 0.25) is 0 Å². The normalized spacial score (nSPS) is 14.3. The third-order valence-electron chi connectivity index (χ3n) is 3.10. The van der Waals surface area contributed by atoms with Gasteiger partial charge in [-0.05, 0) is 48.1 Å².